The molecule has 11 heavy (non-hydrogen) atoms. The topological polar surface area (TPSA) is 32.7 Å². The largest absolute Gasteiger partial charge is 0.301 e. The smallest absolute Gasteiger partial charge is 0.235 e. The lowest BCUT2D eigenvalue weighted by Gasteiger charge is -2.15. The first-order valence-corrected chi connectivity index (χ1v) is 4.12. The fourth-order valence-electron chi connectivity index (χ4n) is 1.47. The Morgan fingerprint density at radius 2 is 2.18 bits per heavy atom. The molecule has 1 aliphatic rings. The van der Waals surface area contributed by atoms with E-state index in [1.165, 1.54) is 25.9 Å². The van der Waals surface area contributed by atoms with E-state index in [1.54, 1.807) is 6.08 Å². The summed E-state index contributed by atoms with van der Waals surface area (Å²) in [5, 5.41) is 0. The Balaban J connectivity index is 2.23. The molecule has 0 amide bonds. The molecule has 0 saturated carbocycles. The molecule has 3 nitrogen and oxygen atoms in total. The summed E-state index contributed by atoms with van der Waals surface area (Å²) in [6.45, 7) is 5.19. The molecular weight excluding hydrogens is 140 g/mol. The van der Waals surface area contributed by atoms with Gasteiger partial charge < -0.3 is 4.90 Å². The summed E-state index contributed by atoms with van der Waals surface area (Å²) >= 11 is 0. The summed E-state index contributed by atoms with van der Waals surface area (Å²) in [4.78, 5) is 15.9. The van der Waals surface area contributed by atoms with E-state index in [9.17, 15) is 4.79 Å². The highest BCUT2D eigenvalue weighted by Crippen LogP contribution is 2.08. The van der Waals surface area contributed by atoms with Crippen molar-refractivity contribution in [1.82, 2.24) is 4.90 Å². The van der Waals surface area contributed by atoms with Crippen LogP contribution in [0.3, 0.4) is 0 Å². The predicted molar refractivity (Wildman–Crippen MR) is 43.3 cm³/mol. The van der Waals surface area contributed by atoms with Gasteiger partial charge >= 0.3 is 0 Å². The molecule has 0 N–H and O–H groups in total. The highest BCUT2D eigenvalue weighted by Gasteiger charge is 2.13. The monoisotopic (exact) mass is 154 g/mol. The molecule has 3 heteroatoms. The Bertz CT molecular complexity index is 157. The number of aliphatic imine (C=N–C) groups is 1. The number of hydrogen-bond acceptors (Lipinski definition) is 3. The third-order valence-electron chi connectivity index (χ3n) is 1.99. The SMILES string of the molecule is CC(CN1CCCC1)N=C=O. The minimum absolute atomic E-state index is 0.116. The molecule has 1 atom stereocenters. The number of rotatable bonds is 3. The van der Waals surface area contributed by atoms with Gasteiger partial charge in [-0.05, 0) is 32.9 Å². The maximum absolute atomic E-state index is 9.88. The number of carbonyl (C=O) groups excluding carboxylic acids is 1. The molecule has 0 spiro atoms. The average molecular weight is 154 g/mol. The molecule has 0 aromatic rings. The zero-order valence-corrected chi connectivity index (χ0v) is 6.92. The first kappa shape index (κ1) is 8.44. The molecule has 1 heterocycles. The fourth-order valence-corrected chi connectivity index (χ4v) is 1.47. The number of hydrogen-bond donors (Lipinski definition) is 0. The van der Waals surface area contributed by atoms with E-state index >= 15 is 0 Å². The van der Waals surface area contributed by atoms with Crippen LogP contribution >= 0.6 is 0 Å². The van der Waals surface area contributed by atoms with Crippen LogP contribution in [0, 0.1) is 0 Å². The summed E-state index contributed by atoms with van der Waals surface area (Å²) in [5.74, 6) is 0. The Morgan fingerprint density at radius 1 is 1.55 bits per heavy atom. The van der Waals surface area contributed by atoms with Crippen LogP contribution < -0.4 is 0 Å². The first-order valence-electron chi connectivity index (χ1n) is 4.12. The van der Waals surface area contributed by atoms with Crippen molar-refractivity contribution in [2.24, 2.45) is 4.99 Å². The second kappa shape index (κ2) is 4.27. The zero-order chi connectivity index (χ0) is 8.10. The third-order valence-corrected chi connectivity index (χ3v) is 1.99. The predicted octanol–water partition coefficient (Wildman–Crippen LogP) is 0.806. The van der Waals surface area contributed by atoms with Gasteiger partial charge in [0.25, 0.3) is 0 Å². The van der Waals surface area contributed by atoms with E-state index < -0.39 is 0 Å². The van der Waals surface area contributed by atoms with Crippen molar-refractivity contribution >= 4 is 6.08 Å². The summed E-state index contributed by atoms with van der Waals surface area (Å²) < 4.78 is 0. The van der Waals surface area contributed by atoms with Gasteiger partial charge in [0.15, 0.2) is 0 Å². The zero-order valence-electron chi connectivity index (χ0n) is 6.92. The van der Waals surface area contributed by atoms with Gasteiger partial charge in [-0.25, -0.2) is 9.79 Å². The van der Waals surface area contributed by atoms with Gasteiger partial charge in [0.1, 0.15) is 0 Å². The minimum atomic E-state index is 0.116. The van der Waals surface area contributed by atoms with Crippen LogP contribution in [0.4, 0.5) is 0 Å². The van der Waals surface area contributed by atoms with Gasteiger partial charge in [-0.15, -0.1) is 0 Å². The molecule has 62 valence electrons. The van der Waals surface area contributed by atoms with Crippen molar-refractivity contribution in [2.75, 3.05) is 19.6 Å². The molecule has 0 aliphatic carbocycles. The van der Waals surface area contributed by atoms with Gasteiger partial charge in [0.2, 0.25) is 6.08 Å². The van der Waals surface area contributed by atoms with Gasteiger partial charge in [0, 0.05) is 6.54 Å². The molecule has 0 aromatic heterocycles. The van der Waals surface area contributed by atoms with Crippen LogP contribution in [0.5, 0.6) is 0 Å². The molecule has 1 fully saturated rings. The van der Waals surface area contributed by atoms with Crippen molar-refractivity contribution in [3.8, 4) is 0 Å². The lowest BCUT2D eigenvalue weighted by Crippen LogP contribution is -2.27. The van der Waals surface area contributed by atoms with Crippen molar-refractivity contribution in [3.05, 3.63) is 0 Å². The van der Waals surface area contributed by atoms with Crippen molar-refractivity contribution in [2.45, 2.75) is 25.8 Å². The van der Waals surface area contributed by atoms with Crippen molar-refractivity contribution in [3.63, 3.8) is 0 Å². The Kier molecular flexibility index (Phi) is 3.27. The van der Waals surface area contributed by atoms with E-state index in [0.29, 0.717) is 0 Å². The number of likely N-dealkylation sites (tertiary alicyclic amines) is 1. The molecule has 0 aromatic carbocycles. The highest BCUT2D eigenvalue weighted by molar-refractivity contribution is 5.33. The molecule has 1 rings (SSSR count). The van der Waals surface area contributed by atoms with E-state index in [2.05, 4.69) is 9.89 Å². The lowest BCUT2D eigenvalue weighted by molar-refractivity contribution is 0.321. The Labute approximate surface area is 67.1 Å². The Hall–Kier alpha value is -0.660. The van der Waals surface area contributed by atoms with Gasteiger partial charge in [-0.1, -0.05) is 0 Å². The minimum Gasteiger partial charge on any atom is -0.301 e. The molecule has 0 radical (unpaired) electrons. The summed E-state index contributed by atoms with van der Waals surface area (Å²) in [7, 11) is 0. The van der Waals surface area contributed by atoms with E-state index in [0.717, 1.165) is 6.54 Å². The fraction of sp³-hybridized carbons (Fsp3) is 0.875. The third kappa shape index (κ3) is 2.83. The second-order valence-electron chi connectivity index (χ2n) is 3.08. The van der Waals surface area contributed by atoms with Crippen LogP contribution in [-0.4, -0.2) is 36.7 Å². The van der Waals surface area contributed by atoms with Crippen LogP contribution in [0.25, 0.3) is 0 Å². The van der Waals surface area contributed by atoms with Crippen molar-refractivity contribution < 1.29 is 4.79 Å². The maximum atomic E-state index is 9.88. The molecule has 1 unspecified atom stereocenters. The second-order valence-corrected chi connectivity index (χ2v) is 3.08. The summed E-state index contributed by atoms with van der Waals surface area (Å²) in [6.07, 6.45) is 4.17. The molecule has 1 aliphatic heterocycles. The molecule has 1 saturated heterocycles. The Morgan fingerprint density at radius 3 is 2.73 bits per heavy atom. The quantitative estimate of drug-likeness (QED) is 0.445. The highest BCUT2D eigenvalue weighted by atomic mass is 16.1. The first-order chi connectivity index (χ1) is 5.33. The van der Waals surface area contributed by atoms with Crippen LogP contribution in [0.1, 0.15) is 19.8 Å². The summed E-state index contributed by atoms with van der Waals surface area (Å²) in [6, 6.07) is 0.116. The lowest BCUT2D eigenvalue weighted by atomic mass is 10.3. The van der Waals surface area contributed by atoms with Gasteiger partial charge in [-0.3, -0.25) is 0 Å². The van der Waals surface area contributed by atoms with Crippen LogP contribution in [-0.2, 0) is 4.79 Å². The van der Waals surface area contributed by atoms with Gasteiger partial charge in [0.05, 0.1) is 6.04 Å². The number of isocyanates is 1. The number of nitrogens with zero attached hydrogens (tertiary/aromatic N) is 2. The van der Waals surface area contributed by atoms with Crippen molar-refractivity contribution in [1.29, 1.82) is 0 Å². The molecular formula is C8H14N2O. The maximum Gasteiger partial charge on any atom is 0.235 e. The van der Waals surface area contributed by atoms with E-state index in [4.69, 9.17) is 0 Å². The standard InChI is InChI=1S/C8H14N2O/c1-8(9-7-11)6-10-4-2-3-5-10/h8H,2-6H2,1H3. The van der Waals surface area contributed by atoms with E-state index in [1.807, 2.05) is 6.92 Å². The van der Waals surface area contributed by atoms with Gasteiger partial charge in [-0.2, -0.15) is 0 Å². The van der Waals surface area contributed by atoms with E-state index in [-0.39, 0.29) is 6.04 Å². The summed E-state index contributed by atoms with van der Waals surface area (Å²) in [5.41, 5.74) is 0. The average Bonchev–Trinajstić information content (AvgIpc) is 2.40. The van der Waals surface area contributed by atoms with Crippen LogP contribution in [0.15, 0.2) is 4.99 Å². The molecule has 0 bridgehead atoms. The normalized spacial score (nSPS) is 21.2. The van der Waals surface area contributed by atoms with Crippen LogP contribution in [0.2, 0.25) is 0 Å².